The predicted octanol–water partition coefficient (Wildman–Crippen LogP) is 11.7. The largest absolute Gasteiger partial charge is 0.315 e. The zero-order chi connectivity index (χ0) is 26.9. The molecule has 0 radical (unpaired) electrons. The molecule has 0 N–H and O–H groups in total. The van der Waals surface area contributed by atoms with Crippen molar-refractivity contribution in [1.82, 2.24) is 4.57 Å². The first-order valence-electron chi connectivity index (χ1n) is 13.9. The number of hydrogen-bond donors (Lipinski definition) is 0. The van der Waals surface area contributed by atoms with Gasteiger partial charge in [-0.3, -0.25) is 0 Å². The normalized spacial score (nSPS) is 11.9. The van der Waals surface area contributed by atoms with Crippen LogP contribution in [0, 0.1) is 0 Å². The van der Waals surface area contributed by atoms with E-state index in [0.29, 0.717) is 0 Å². The molecule has 3 heteroatoms. The summed E-state index contributed by atoms with van der Waals surface area (Å²) in [6.45, 7) is 0. The molecule has 0 bridgehead atoms. The van der Waals surface area contributed by atoms with Gasteiger partial charge in [0, 0.05) is 52.9 Å². The predicted molar refractivity (Wildman–Crippen MR) is 180 cm³/mol. The third-order valence-electron chi connectivity index (χ3n) is 8.26. The molecule has 0 unspecified atom stereocenters. The van der Waals surface area contributed by atoms with Gasteiger partial charge in [0.1, 0.15) is 0 Å². The molecule has 6 aromatic carbocycles. The Kier molecular flexibility index (Phi) is 5.00. The van der Waals surface area contributed by atoms with Crippen LogP contribution < -0.4 is 0 Å². The highest BCUT2D eigenvalue weighted by atomic mass is 32.1. The molecule has 1 nitrogen and oxygen atoms in total. The zero-order valence-electron chi connectivity index (χ0n) is 22.0. The highest BCUT2D eigenvalue weighted by Crippen LogP contribution is 2.44. The van der Waals surface area contributed by atoms with Gasteiger partial charge in [0.25, 0.3) is 0 Å². The highest BCUT2D eigenvalue weighted by molar-refractivity contribution is 7.27. The molecule has 0 aliphatic rings. The van der Waals surface area contributed by atoms with Crippen molar-refractivity contribution in [1.29, 1.82) is 0 Å². The summed E-state index contributed by atoms with van der Waals surface area (Å²) in [5, 5.41) is 6.60. The van der Waals surface area contributed by atoms with Gasteiger partial charge < -0.3 is 4.57 Å². The van der Waals surface area contributed by atoms with Crippen LogP contribution in [0.5, 0.6) is 0 Å². The Balaban J connectivity index is 1.20. The average molecular weight is 558 g/mol. The molecule has 0 spiro atoms. The maximum Gasteiger partial charge on any atom is 0.0707 e. The molecular weight excluding hydrogens is 535 g/mol. The number of aromatic nitrogens is 1. The number of benzene rings is 6. The van der Waals surface area contributed by atoms with Crippen LogP contribution >= 0.6 is 22.7 Å². The summed E-state index contributed by atoms with van der Waals surface area (Å²) < 4.78 is 7.74. The molecule has 0 saturated heterocycles. The molecule has 3 heterocycles. The van der Waals surface area contributed by atoms with Gasteiger partial charge in [0.2, 0.25) is 0 Å². The molecular formula is C38H23NS2. The molecule has 0 amide bonds. The molecule has 192 valence electrons. The fraction of sp³-hybridized carbons (Fsp3) is 0. The lowest BCUT2D eigenvalue weighted by Crippen LogP contribution is -1.92. The van der Waals surface area contributed by atoms with Crippen LogP contribution in [0.15, 0.2) is 140 Å². The molecule has 9 aromatic rings. The summed E-state index contributed by atoms with van der Waals surface area (Å²) >= 11 is 3.80. The van der Waals surface area contributed by atoms with Crippen LogP contribution in [0.4, 0.5) is 0 Å². The first-order valence-corrected chi connectivity index (χ1v) is 15.5. The maximum absolute atomic E-state index is 2.36. The summed E-state index contributed by atoms with van der Waals surface area (Å²) in [7, 11) is 0. The SMILES string of the molecule is c1ccc(-c2cccc3c2sc2c3ccc3ccn(-c4ccc(-c5cccc6c5sc5ccccc56)cc4)c32)cc1. The molecule has 0 atom stereocenters. The third kappa shape index (κ3) is 3.46. The van der Waals surface area contributed by atoms with Gasteiger partial charge in [-0.1, -0.05) is 109 Å². The van der Waals surface area contributed by atoms with Crippen LogP contribution in [0.1, 0.15) is 0 Å². The van der Waals surface area contributed by atoms with Crippen molar-refractivity contribution < 1.29 is 0 Å². The van der Waals surface area contributed by atoms with E-state index < -0.39 is 0 Å². The number of nitrogens with zero attached hydrogens (tertiary/aromatic N) is 1. The van der Waals surface area contributed by atoms with Crippen molar-refractivity contribution in [3.63, 3.8) is 0 Å². The zero-order valence-corrected chi connectivity index (χ0v) is 23.7. The van der Waals surface area contributed by atoms with Crippen molar-refractivity contribution in [3.05, 3.63) is 140 Å². The van der Waals surface area contributed by atoms with Crippen molar-refractivity contribution in [2.75, 3.05) is 0 Å². The Morgan fingerprint density at radius 2 is 1.05 bits per heavy atom. The summed E-state index contributed by atoms with van der Waals surface area (Å²) in [5.41, 5.74) is 7.58. The van der Waals surface area contributed by atoms with Crippen molar-refractivity contribution in [2.45, 2.75) is 0 Å². The van der Waals surface area contributed by atoms with Gasteiger partial charge in [-0.2, -0.15) is 0 Å². The van der Waals surface area contributed by atoms with Crippen LogP contribution in [0.2, 0.25) is 0 Å². The van der Waals surface area contributed by atoms with E-state index in [2.05, 4.69) is 144 Å². The van der Waals surface area contributed by atoms with E-state index in [1.807, 2.05) is 22.7 Å². The summed E-state index contributed by atoms with van der Waals surface area (Å²) in [6, 6.07) is 48.7. The van der Waals surface area contributed by atoms with E-state index in [1.165, 1.54) is 79.2 Å². The number of rotatable bonds is 3. The van der Waals surface area contributed by atoms with E-state index in [1.54, 1.807) is 0 Å². The van der Waals surface area contributed by atoms with Crippen LogP contribution in [0.25, 0.3) is 79.2 Å². The van der Waals surface area contributed by atoms with E-state index in [9.17, 15) is 0 Å². The second kappa shape index (κ2) is 8.90. The lowest BCUT2D eigenvalue weighted by atomic mass is 10.0. The Morgan fingerprint density at radius 1 is 0.415 bits per heavy atom. The van der Waals surface area contributed by atoms with Gasteiger partial charge in [0.05, 0.1) is 10.2 Å². The average Bonchev–Trinajstić information content (AvgIpc) is 3.74. The lowest BCUT2D eigenvalue weighted by Gasteiger charge is -2.09. The number of fused-ring (bicyclic) bond motifs is 8. The smallest absolute Gasteiger partial charge is 0.0707 e. The molecule has 0 fully saturated rings. The Bertz CT molecular complexity index is 2400. The minimum absolute atomic E-state index is 1.18. The standard InChI is InChI=1S/C38H23NS2/c1-2-8-24(9-3-1)28-11-7-14-32-33-21-18-26-22-23-39(35(26)38(33)41-37(28)32)27-19-16-25(17-20-27)29-12-6-13-31-30-10-4-5-15-34(30)40-36(29)31/h1-23H. The first-order chi connectivity index (χ1) is 20.3. The highest BCUT2D eigenvalue weighted by Gasteiger charge is 2.16. The second-order valence-corrected chi connectivity index (χ2v) is 12.6. The van der Waals surface area contributed by atoms with Crippen molar-refractivity contribution >= 4 is 73.9 Å². The minimum Gasteiger partial charge on any atom is -0.315 e. The van der Waals surface area contributed by atoms with Crippen LogP contribution in [-0.4, -0.2) is 4.57 Å². The Morgan fingerprint density at radius 3 is 1.85 bits per heavy atom. The summed E-state index contributed by atoms with van der Waals surface area (Å²) in [4.78, 5) is 0. The first kappa shape index (κ1) is 23.0. The van der Waals surface area contributed by atoms with Gasteiger partial charge in [-0.05, 0) is 46.5 Å². The van der Waals surface area contributed by atoms with Gasteiger partial charge in [0.15, 0.2) is 0 Å². The van der Waals surface area contributed by atoms with E-state index in [0.717, 1.165) is 0 Å². The number of thiophene rings is 2. The van der Waals surface area contributed by atoms with Crippen molar-refractivity contribution in [3.8, 4) is 27.9 Å². The van der Waals surface area contributed by atoms with Crippen LogP contribution in [-0.2, 0) is 0 Å². The fourth-order valence-corrected chi connectivity index (χ4v) is 8.94. The lowest BCUT2D eigenvalue weighted by molar-refractivity contribution is 1.13. The quantitative estimate of drug-likeness (QED) is 0.204. The molecule has 3 aromatic heterocycles. The fourth-order valence-electron chi connectivity index (χ4n) is 6.31. The summed E-state index contributed by atoms with van der Waals surface area (Å²) in [5.74, 6) is 0. The molecule has 0 saturated carbocycles. The van der Waals surface area contributed by atoms with Gasteiger partial charge >= 0.3 is 0 Å². The topological polar surface area (TPSA) is 4.93 Å². The van der Waals surface area contributed by atoms with E-state index in [4.69, 9.17) is 0 Å². The van der Waals surface area contributed by atoms with Crippen molar-refractivity contribution in [2.24, 2.45) is 0 Å². The third-order valence-corrected chi connectivity index (χ3v) is 10.7. The number of hydrogen-bond acceptors (Lipinski definition) is 2. The second-order valence-electron chi connectivity index (χ2n) is 10.5. The maximum atomic E-state index is 2.36. The van der Waals surface area contributed by atoms with E-state index in [-0.39, 0.29) is 0 Å². The monoisotopic (exact) mass is 557 g/mol. The molecule has 0 aliphatic carbocycles. The molecule has 0 aliphatic heterocycles. The van der Waals surface area contributed by atoms with Crippen LogP contribution in [0.3, 0.4) is 0 Å². The minimum atomic E-state index is 1.18. The van der Waals surface area contributed by atoms with Gasteiger partial charge in [-0.25, -0.2) is 0 Å². The molecule has 9 rings (SSSR count). The molecule has 41 heavy (non-hydrogen) atoms. The van der Waals surface area contributed by atoms with E-state index >= 15 is 0 Å². The van der Waals surface area contributed by atoms with Gasteiger partial charge in [-0.15, -0.1) is 22.7 Å². The Hall–Kier alpha value is -4.70. The Labute approximate surface area is 245 Å². The summed E-state index contributed by atoms with van der Waals surface area (Å²) in [6.07, 6.45) is 2.22.